The zero-order valence-corrected chi connectivity index (χ0v) is 20.0. The third-order valence-corrected chi connectivity index (χ3v) is 5.09. The summed E-state index contributed by atoms with van der Waals surface area (Å²) in [7, 11) is 7.59. The van der Waals surface area contributed by atoms with Crippen molar-refractivity contribution in [1.82, 2.24) is 20.9 Å². The van der Waals surface area contributed by atoms with Crippen LogP contribution >= 0.6 is 24.0 Å². The number of amides is 1. The lowest BCUT2D eigenvalue weighted by atomic mass is 10.1. The molecule has 7 nitrogen and oxygen atoms in total. The molecule has 8 heteroatoms. The second-order valence-corrected chi connectivity index (χ2v) is 7.30. The lowest BCUT2D eigenvalue weighted by Gasteiger charge is -2.32. The Labute approximate surface area is 186 Å². The number of halogens is 1. The summed E-state index contributed by atoms with van der Waals surface area (Å²) >= 11 is 0. The van der Waals surface area contributed by atoms with Crippen LogP contribution in [0.2, 0.25) is 0 Å². The standard InChI is InChI=1S/C20H34N6O.HI/c1-15-12-18(25(4)5)7-6-16(15)13-23-20(22-3)24-17-8-10-26(11-9-17)14-19(27)21-2;/h6-7,12,17H,8-11,13-14H2,1-5H3,(H,21,27)(H2,22,23,24);1H. The van der Waals surface area contributed by atoms with Crippen LogP contribution in [0.4, 0.5) is 5.69 Å². The molecule has 3 N–H and O–H groups in total. The van der Waals surface area contributed by atoms with Crippen molar-refractivity contribution in [1.29, 1.82) is 0 Å². The highest BCUT2D eigenvalue weighted by molar-refractivity contribution is 14.0. The number of likely N-dealkylation sites (tertiary alicyclic amines) is 1. The van der Waals surface area contributed by atoms with Gasteiger partial charge in [-0.1, -0.05) is 6.07 Å². The van der Waals surface area contributed by atoms with Gasteiger partial charge in [-0.3, -0.25) is 14.7 Å². The number of rotatable bonds is 6. The van der Waals surface area contributed by atoms with Crippen LogP contribution in [0.25, 0.3) is 0 Å². The van der Waals surface area contributed by atoms with E-state index in [2.05, 4.69) is 70.0 Å². The second-order valence-electron chi connectivity index (χ2n) is 7.30. The maximum Gasteiger partial charge on any atom is 0.233 e. The van der Waals surface area contributed by atoms with Gasteiger partial charge in [0.25, 0.3) is 0 Å². The van der Waals surface area contributed by atoms with Crippen LogP contribution in [0, 0.1) is 6.92 Å². The quantitative estimate of drug-likeness (QED) is 0.313. The molecule has 0 aliphatic carbocycles. The number of benzene rings is 1. The molecule has 1 aromatic carbocycles. The molecule has 0 atom stereocenters. The number of aliphatic imine (C=N–C) groups is 1. The molecular formula is C20H35IN6O. The number of aryl methyl sites for hydroxylation is 1. The van der Waals surface area contributed by atoms with E-state index in [9.17, 15) is 4.79 Å². The lowest BCUT2D eigenvalue weighted by molar-refractivity contribution is -0.122. The van der Waals surface area contributed by atoms with E-state index in [0.717, 1.165) is 38.4 Å². The molecule has 158 valence electrons. The van der Waals surface area contributed by atoms with Gasteiger partial charge in [-0.2, -0.15) is 0 Å². The number of guanidine groups is 1. The average Bonchev–Trinajstić information content (AvgIpc) is 2.66. The highest BCUT2D eigenvalue weighted by atomic mass is 127. The van der Waals surface area contributed by atoms with Crippen LogP contribution in [0.3, 0.4) is 0 Å². The first-order valence-corrected chi connectivity index (χ1v) is 9.60. The summed E-state index contributed by atoms with van der Waals surface area (Å²) in [6.45, 7) is 5.22. The monoisotopic (exact) mass is 502 g/mol. The van der Waals surface area contributed by atoms with Crippen LogP contribution in [0.15, 0.2) is 23.2 Å². The summed E-state index contributed by atoms with van der Waals surface area (Å²) in [4.78, 5) is 20.2. The normalized spacial score (nSPS) is 15.5. The molecule has 0 aromatic heterocycles. The van der Waals surface area contributed by atoms with Crippen molar-refractivity contribution in [2.24, 2.45) is 4.99 Å². The highest BCUT2D eigenvalue weighted by Gasteiger charge is 2.21. The van der Waals surface area contributed by atoms with Gasteiger partial charge in [0, 0.05) is 59.6 Å². The minimum absolute atomic E-state index is 0. The van der Waals surface area contributed by atoms with Gasteiger partial charge in [-0.05, 0) is 43.0 Å². The number of nitrogens with one attached hydrogen (secondary N) is 3. The van der Waals surface area contributed by atoms with E-state index < -0.39 is 0 Å². The van der Waals surface area contributed by atoms with E-state index in [1.807, 2.05) is 0 Å². The molecule has 1 amide bonds. The van der Waals surface area contributed by atoms with Gasteiger partial charge in [0.05, 0.1) is 6.54 Å². The molecule has 0 radical (unpaired) electrons. The maximum atomic E-state index is 11.5. The maximum absolute atomic E-state index is 11.5. The molecule has 0 spiro atoms. The molecule has 1 aromatic rings. The molecule has 2 rings (SSSR count). The number of carbonyl (C=O) groups excluding carboxylic acids is 1. The summed E-state index contributed by atoms with van der Waals surface area (Å²) in [5.74, 6) is 0.908. The second kappa shape index (κ2) is 12.1. The first-order valence-electron chi connectivity index (χ1n) is 9.60. The van der Waals surface area contributed by atoms with Gasteiger partial charge < -0.3 is 20.9 Å². The number of hydrogen-bond donors (Lipinski definition) is 3. The number of hydrogen-bond acceptors (Lipinski definition) is 4. The van der Waals surface area contributed by atoms with Gasteiger partial charge in [0.15, 0.2) is 5.96 Å². The number of piperidine rings is 1. The third-order valence-electron chi connectivity index (χ3n) is 5.09. The Morgan fingerprint density at radius 1 is 1.29 bits per heavy atom. The first-order chi connectivity index (χ1) is 12.9. The van der Waals surface area contributed by atoms with Crippen molar-refractivity contribution < 1.29 is 4.79 Å². The van der Waals surface area contributed by atoms with Gasteiger partial charge in [0.1, 0.15) is 0 Å². The van der Waals surface area contributed by atoms with E-state index in [4.69, 9.17) is 0 Å². The molecule has 1 heterocycles. The molecule has 0 saturated carbocycles. The van der Waals surface area contributed by atoms with Gasteiger partial charge >= 0.3 is 0 Å². The lowest BCUT2D eigenvalue weighted by Crippen LogP contribution is -2.49. The Bertz CT molecular complexity index is 656. The first kappa shape index (κ1) is 24.5. The Hall–Kier alpha value is -1.55. The van der Waals surface area contributed by atoms with Crippen molar-refractivity contribution in [2.45, 2.75) is 32.4 Å². The van der Waals surface area contributed by atoms with Gasteiger partial charge in [0.2, 0.25) is 5.91 Å². The zero-order valence-electron chi connectivity index (χ0n) is 17.7. The Balaban J connectivity index is 0.00000392. The Kier molecular flexibility index (Phi) is 10.6. The van der Waals surface area contributed by atoms with Crippen LogP contribution < -0.4 is 20.9 Å². The van der Waals surface area contributed by atoms with E-state index in [1.54, 1.807) is 14.1 Å². The summed E-state index contributed by atoms with van der Waals surface area (Å²) < 4.78 is 0. The van der Waals surface area contributed by atoms with Gasteiger partial charge in [-0.25, -0.2) is 0 Å². The fourth-order valence-electron chi connectivity index (χ4n) is 3.24. The fraction of sp³-hybridized carbons (Fsp3) is 0.600. The Morgan fingerprint density at radius 2 is 1.96 bits per heavy atom. The van der Waals surface area contributed by atoms with Crippen LogP contribution in [0.1, 0.15) is 24.0 Å². The van der Waals surface area contributed by atoms with E-state index >= 15 is 0 Å². The van der Waals surface area contributed by atoms with Crippen molar-refractivity contribution in [3.63, 3.8) is 0 Å². The average molecular weight is 502 g/mol. The van der Waals surface area contributed by atoms with Crippen molar-refractivity contribution in [2.75, 3.05) is 52.7 Å². The summed E-state index contributed by atoms with van der Waals surface area (Å²) in [6.07, 6.45) is 2.02. The highest BCUT2D eigenvalue weighted by Crippen LogP contribution is 2.17. The van der Waals surface area contributed by atoms with Crippen LogP contribution in [-0.2, 0) is 11.3 Å². The largest absolute Gasteiger partial charge is 0.378 e. The van der Waals surface area contributed by atoms with Crippen LogP contribution in [0.5, 0.6) is 0 Å². The summed E-state index contributed by atoms with van der Waals surface area (Å²) in [5.41, 5.74) is 3.75. The summed E-state index contributed by atoms with van der Waals surface area (Å²) in [6, 6.07) is 6.90. The van der Waals surface area contributed by atoms with E-state index in [-0.39, 0.29) is 29.9 Å². The molecular weight excluding hydrogens is 467 g/mol. The third kappa shape index (κ3) is 7.46. The molecule has 0 unspecified atom stereocenters. The van der Waals surface area contributed by atoms with Crippen molar-refractivity contribution in [3.8, 4) is 0 Å². The molecule has 28 heavy (non-hydrogen) atoms. The van der Waals surface area contributed by atoms with Crippen molar-refractivity contribution in [3.05, 3.63) is 29.3 Å². The van der Waals surface area contributed by atoms with Crippen molar-refractivity contribution >= 4 is 41.5 Å². The van der Waals surface area contributed by atoms with Gasteiger partial charge in [-0.15, -0.1) is 24.0 Å². The SMILES string of the molecule is CN=C(NCc1ccc(N(C)C)cc1C)NC1CCN(CC(=O)NC)CC1.I. The fourth-order valence-corrected chi connectivity index (χ4v) is 3.24. The number of carbonyl (C=O) groups is 1. The van der Waals surface area contributed by atoms with E-state index in [1.165, 1.54) is 16.8 Å². The number of nitrogens with zero attached hydrogens (tertiary/aromatic N) is 3. The molecule has 0 bridgehead atoms. The molecule has 1 saturated heterocycles. The van der Waals surface area contributed by atoms with E-state index in [0.29, 0.717) is 12.6 Å². The number of anilines is 1. The topological polar surface area (TPSA) is 72.0 Å². The number of likely N-dealkylation sites (N-methyl/N-ethyl adjacent to an activating group) is 1. The Morgan fingerprint density at radius 3 is 2.50 bits per heavy atom. The molecule has 1 fully saturated rings. The smallest absolute Gasteiger partial charge is 0.233 e. The molecule has 1 aliphatic rings. The summed E-state index contributed by atoms with van der Waals surface area (Å²) in [5, 5.41) is 9.62. The minimum Gasteiger partial charge on any atom is -0.378 e. The predicted molar refractivity (Wildman–Crippen MR) is 128 cm³/mol. The van der Waals surface area contributed by atoms with Crippen LogP contribution in [-0.4, -0.2) is 70.6 Å². The predicted octanol–water partition coefficient (Wildman–Crippen LogP) is 1.55. The molecule has 1 aliphatic heterocycles. The zero-order chi connectivity index (χ0) is 19.8. The minimum atomic E-state index is 0.